The number of nitrogens with one attached hydrogen (secondary N) is 1. The second-order valence-corrected chi connectivity index (χ2v) is 7.28. The van der Waals surface area contributed by atoms with Crippen molar-refractivity contribution in [2.45, 2.75) is 6.92 Å². The molecule has 1 aromatic heterocycles. The van der Waals surface area contributed by atoms with Gasteiger partial charge in [0.05, 0.1) is 17.8 Å². The second kappa shape index (κ2) is 9.58. The molecule has 0 fully saturated rings. The maximum atomic E-state index is 12.6. The van der Waals surface area contributed by atoms with Gasteiger partial charge in [-0.25, -0.2) is 5.43 Å². The molecule has 1 amide bonds. The van der Waals surface area contributed by atoms with Gasteiger partial charge in [0, 0.05) is 5.39 Å². The van der Waals surface area contributed by atoms with E-state index in [9.17, 15) is 4.79 Å². The third-order valence-corrected chi connectivity index (χ3v) is 4.99. The summed E-state index contributed by atoms with van der Waals surface area (Å²) in [4.78, 5) is 12.6. The summed E-state index contributed by atoms with van der Waals surface area (Å²) >= 11 is 6.33. The van der Waals surface area contributed by atoms with Gasteiger partial charge in [0.15, 0.2) is 17.3 Å². The minimum Gasteiger partial charge on any atom is -0.490 e. The van der Waals surface area contributed by atoms with Crippen LogP contribution < -0.4 is 14.9 Å². The van der Waals surface area contributed by atoms with E-state index in [2.05, 4.69) is 17.1 Å². The molecule has 32 heavy (non-hydrogen) atoms. The first kappa shape index (κ1) is 21.5. The third-order valence-electron chi connectivity index (χ3n) is 4.71. The molecule has 6 nitrogen and oxygen atoms in total. The van der Waals surface area contributed by atoms with Gasteiger partial charge >= 0.3 is 5.91 Å². The van der Waals surface area contributed by atoms with Crippen LogP contribution in [0.25, 0.3) is 21.7 Å². The van der Waals surface area contributed by atoms with Crippen molar-refractivity contribution >= 4 is 45.5 Å². The highest BCUT2D eigenvalue weighted by atomic mass is 35.5. The van der Waals surface area contributed by atoms with E-state index >= 15 is 0 Å². The van der Waals surface area contributed by atoms with Crippen molar-refractivity contribution in [3.05, 3.63) is 83.6 Å². The quantitative estimate of drug-likeness (QED) is 0.205. The molecular weight excluding hydrogens is 428 g/mol. The molecule has 0 bridgehead atoms. The number of hydrazone groups is 1. The molecular formula is C25H21ClN2O4. The fourth-order valence-corrected chi connectivity index (χ4v) is 3.61. The van der Waals surface area contributed by atoms with Crippen LogP contribution in [0.4, 0.5) is 0 Å². The lowest BCUT2D eigenvalue weighted by Crippen LogP contribution is -2.16. The Balaban J connectivity index is 1.53. The number of carbonyl (C=O) groups excluding carboxylic acids is 1. The minimum atomic E-state index is -0.455. The Bertz CT molecular complexity index is 1330. The van der Waals surface area contributed by atoms with Gasteiger partial charge in [-0.05, 0) is 47.5 Å². The average Bonchev–Trinajstić information content (AvgIpc) is 3.24. The van der Waals surface area contributed by atoms with Gasteiger partial charge in [-0.3, -0.25) is 4.79 Å². The summed E-state index contributed by atoms with van der Waals surface area (Å²) in [7, 11) is 0. The number of carbonyl (C=O) groups is 1. The van der Waals surface area contributed by atoms with E-state index in [-0.39, 0.29) is 5.76 Å². The van der Waals surface area contributed by atoms with Crippen LogP contribution in [0.3, 0.4) is 0 Å². The van der Waals surface area contributed by atoms with Gasteiger partial charge < -0.3 is 13.9 Å². The van der Waals surface area contributed by atoms with Gasteiger partial charge in [-0.2, -0.15) is 5.10 Å². The van der Waals surface area contributed by atoms with Gasteiger partial charge in [0.2, 0.25) is 0 Å². The van der Waals surface area contributed by atoms with Crippen molar-refractivity contribution in [3.8, 4) is 11.5 Å². The van der Waals surface area contributed by atoms with E-state index in [1.165, 1.54) is 6.21 Å². The highest BCUT2D eigenvalue weighted by Crippen LogP contribution is 2.36. The van der Waals surface area contributed by atoms with E-state index < -0.39 is 5.91 Å². The Hall–Kier alpha value is -3.77. The number of amides is 1. The first-order valence-electron chi connectivity index (χ1n) is 10.1. The maximum absolute atomic E-state index is 12.6. The summed E-state index contributed by atoms with van der Waals surface area (Å²) in [6, 6.07) is 16.9. The fraction of sp³-hybridized carbons (Fsp3) is 0.120. The largest absolute Gasteiger partial charge is 0.490 e. The standard InChI is InChI=1S/C25H21ClN2O4/c1-3-11-31-24-20(26)12-16(13-22(24)30-4-2)15-27-28-25(29)23-14-19-18-8-6-5-7-17(18)9-10-21(19)32-23/h3,5-10,12-15H,1,4,11H2,2H3,(H,28,29). The number of benzene rings is 3. The number of rotatable bonds is 8. The molecule has 162 valence electrons. The zero-order valence-electron chi connectivity index (χ0n) is 17.4. The Morgan fingerprint density at radius 2 is 2.00 bits per heavy atom. The topological polar surface area (TPSA) is 73.1 Å². The first-order chi connectivity index (χ1) is 15.6. The number of furan rings is 1. The molecule has 3 aromatic carbocycles. The Morgan fingerprint density at radius 3 is 2.81 bits per heavy atom. The molecule has 0 saturated heterocycles. The highest BCUT2D eigenvalue weighted by molar-refractivity contribution is 6.32. The predicted molar refractivity (Wildman–Crippen MR) is 127 cm³/mol. The normalized spacial score (nSPS) is 11.2. The third kappa shape index (κ3) is 4.45. The van der Waals surface area contributed by atoms with Gasteiger partial charge in [0.25, 0.3) is 0 Å². The Morgan fingerprint density at radius 1 is 1.16 bits per heavy atom. The molecule has 1 N–H and O–H groups in total. The molecule has 0 unspecified atom stereocenters. The van der Waals surface area contributed by atoms with E-state index in [0.717, 1.165) is 16.2 Å². The van der Waals surface area contributed by atoms with Crippen LogP contribution in [-0.4, -0.2) is 25.3 Å². The zero-order chi connectivity index (χ0) is 22.5. The van der Waals surface area contributed by atoms with Gasteiger partial charge in [-0.1, -0.05) is 54.6 Å². The number of fused-ring (bicyclic) bond motifs is 3. The average molecular weight is 449 g/mol. The zero-order valence-corrected chi connectivity index (χ0v) is 18.2. The summed E-state index contributed by atoms with van der Waals surface area (Å²) in [5, 5.41) is 7.37. The van der Waals surface area contributed by atoms with Crippen molar-refractivity contribution in [2.75, 3.05) is 13.2 Å². The van der Waals surface area contributed by atoms with Crippen LogP contribution in [0.1, 0.15) is 23.0 Å². The minimum absolute atomic E-state index is 0.176. The van der Waals surface area contributed by atoms with Crippen LogP contribution in [0.15, 0.2) is 76.8 Å². The molecule has 0 aliphatic heterocycles. The summed E-state index contributed by atoms with van der Waals surface area (Å²) in [5.74, 6) is 0.640. The SMILES string of the molecule is C=CCOc1c(Cl)cc(C=NNC(=O)c2cc3c(ccc4ccccc43)o2)cc1OCC. The lowest BCUT2D eigenvalue weighted by molar-refractivity contribution is 0.0929. The monoisotopic (exact) mass is 448 g/mol. The number of hydrogen-bond acceptors (Lipinski definition) is 5. The second-order valence-electron chi connectivity index (χ2n) is 6.87. The van der Waals surface area contributed by atoms with E-state index in [4.69, 9.17) is 25.5 Å². The van der Waals surface area contributed by atoms with Gasteiger partial charge in [-0.15, -0.1) is 0 Å². The predicted octanol–water partition coefficient (Wildman–Crippen LogP) is 5.97. The molecule has 1 heterocycles. The number of ether oxygens (including phenoxy) is 2. The van der Waals surface area contributed by atoms with Crippen molar-refractivity contribution in [2.24, 2.45) is 5.10 Å². The molecule has 7 heteroatoms. The molecule has 0 spiro atoms. The first-order valence-corrected chi connectivity index (χ1v) is 10.4. The van der Waals surface area contributed by atoms with Crippen molar-refractivity contribution in [1.82, 2.24) is 5.43 Å². The molecule has 0 radical (unpaired) electrons. The van der Waals surface area contributed by atoms with Crippen LogP contribution in [-0.2, 0) is 0 Å². The van der Waals surface area contributed by atoms with Crippen LogP contribution in [0, 0.1) is 0 Å². The van der Waals surface area contributed by atoms with Crippen molar-refractivity contribution in [1.29, 1.82) is 0 Å². The fourth-order valence-electron chi connectivity index (χ4n) is 3.33. The van der Waals surface area contributed by atoms with Crippen LogP contribution in [0.2, 0.25) is 5.02 Å². The number of hydrogen-bond donors (Lipinski definition) is 1. The molecule has 4 aromatic rings. The van der Waals surface area contributed by atoms with Gasteiger partial charge in [0.1, 0.15) is 12.2 Å². The number of nitrogens with zero attached hydrogens (tertiary/aromatic N) is 1. The molecule has 0 atom stereocenters. The van der Waals surface area contributed by atoms with Crippen LogP contribution in [0.5, 0.6) is 11.5 Å². The van der Waals surface area contributed by atoms with Crippen molar-refractivity contribution in [3.63, 3.8) is 0 Å². The summed E-state index contributed by atoms with van der Waals surface area (Å²) in [6.45, 7) is 6.24. The molecule has 0 saturated carbocycles. The Labute approximate surface area is 190 Å². The maximum Gasteiger partial charge on any atom is 0.307 e. The Kier molecular flexibility index (Phi) is 6.42. The summed E-state index contributed by atoms with van der Waals surface area (Å²) < 4.78 is 16.9. The lowest BCUT2D eigenvalue weighted by atomic mass is 10.1. The van der Waals surface area contributed by atoms with E-state index in [1.807, 2.05) is 43.3 Å². The highest BCUT2D eigenvalue weighted by Gasteiger charge is 2.14. The van der Waals surface area contributed by atoms with E-state index in [1.54, 1.807) is 24.3 Å². The smallest absolute Gasteiger partial charge is 0.307 e. The molecule has 4 rings (SSSR count). The molecule has 0 aliphatic rings. The van der Waals surface area contributed by atoms with E-state index in [0.29, 0.717) is 40.9 Å². The summed E-state index contributed by atoms with van der Waals surface area (Å²) in [6.07, 6.45) is 3.10. The summed E-state index contributed by atoms with van der Waals surface area (Å²) in [5.41, 5.74) is 3.76. The lowest BCUT2D eigenvalue weighted by Gasteiger charge is -2.13. The number of halogens is 1. The van der Waals surface area contributed by atoms with Crippen LogP contribution >= 0.6 is 11.6 Å². The molecule has 0 aliphatic carbocycles. The van der Waals surface area contributed by atoms with Crippen molar-refractivity contribution < 1.29 is 18.7 Å².